The Kier molecular flexibility index (Phi) is 6.44. The zero-order chi connectivity index (χ0) is 12.7. The molecule has 4 nitrogen and oxygen atoms in total. The first-order valence-corrected chi connectivity index (χ1v) is 8.46. The summed E-state index contributed by atoms with van der Waals surface area (Å²) in [7, 11) is -2.69. The lowest BCUT2D eigenvalue weighted by Crippen LogP contribution is -2.27. The van der Waals surface area contributed by atoms with E-state index in [0.29, 0.717) is 23.5 Å². The van der Waals surface area contributed by atoms with Crippen LogP contribution in [-0.4, -0.2) is 45.6 Å². The maximum Gasteiger partial charge on any atom is 0.150 e. The molecule has 17 heavy (non-hydrogen) atoms. The summed E-state index contributed by atoms with van der Waals surface area (Å²) in [6.07, 6.45) is 2.98. The average Bonchev–Trinajstić information content (AvgIpc) is 2.56. The van der Waals surface area contributed by atoms with Crippen LogP contribution in [0.3, 0.4) is 0 Å². The van der Waals surface area contributed by atoms with E-state index in [1.807, 2.05) is 0 Å². The van der Waals surface area contributed by atoms with Gasteiger partial charge in [0.25, 0.3) is 0 Å². The number of nitrogens with one attached hydrogen (secondary N) is 2. The molecule has 1 fully saturated rings. The zero-order valence-corrected chi connectivity index (χ0v) is 11.9. The summed E-state index contributed by atoms with van der Waals surface area (Å²) in [5, 5.41) is 6.75. The van der Waals surface area contributed by atoms with Gasteiger partial charge in [-0.2, -0.15) is 0 Å². The molecule has 1 unspecified atom stereocenters. The quantitative estimate of drug-likeness (QED) is 0.635. The molecule has 102 valence electrons. The summed E-state index contributed by atoms with van der Waals surface area (Å²) in [6.45, 7) is 7.30. The minimum absolute atomic E-state index is 0.390. The van der Waals surface area contributed by atoms with Crippen molar-refractivity contribution in [3.05, 3.63) is 0 Å². The SMILES string of the molecule is CC(C)NCCCNCCC1CCS(=O)(=O)C1. The van der Waals surface area contributed by atoms with Gasteiger partial charge in [0.1, 0.15) is 0 Å². The van der Waals surface area contributed by atoms with Crippen molar-refractivity contribution >= 4 is 9.84 Å². The molecule has 1 saturated heterocycles. The summed E-state index contributed by atoms with van der Waals surface area (Å²) in [5.74, 6) is 1.20. The van der Waals surface area contributed by atoms with Crippen molar-refractivity contribution in [3.8, 4) is 0 Å². The van der Waals surface area contributed by atoms with Crippen LogP contribution < -0.4 is 10.6 Å². The second-order valence-corrected chi connectivity index (χ2v) is 7.50. The van der Waals surface area contributed by atoms with E-state index in [1.54, 1.807) is 0 Å². The monoisotopic (exact) mass is 262 g/mol. The van der Waals surface area contributed by atoms with E-state index in [2.05, 4.69) is 24.5 Å². The Morgan fingerprint density at radius 2 is 2.00 bits per heavy atom. The Bertz CT molecular complexity index is 302. The van der Waals surface area contributed by atoms with Crippen LogP contribution >= 0.6 is 0 Å². The van der Waals surface area contributed by atoms with Crippen LogP contribution in [0.15, 0.2) is 0 Å². The number of rotatable bonds is 8. The third kappa shape index (κ3) is 7.01. The standard InChI is InChI=1S/C12H26N2O2S/c1-11(2)14-7-3-6-13-8-4-12-5-9-17(15,16)10-12/h11-14H,3-10H2,1-2H3. The van der Waals surface area contributed by atoms with E-state index in [-0.39, 0.29) is 0 Å². The van der Waals surface area contributed by atoms with Crippen molar-refractivity contribution in [2.24, 2.45) is 5.92 Å². The molecule has 0 aromatic carbocycles. The first kappa shape index (κ1) is 14.9. The fourth-order valence-corrected chi connectivity index (χ4v) is 4.05. The predicted octanol–water partition coefficient (Wildman–Crippen LogP) is 0.789. The van der Waals surface area contributed by atoms with Gasteiger partial charge in [-0.3, -0.25) is 0 Å². The molecule has 0 bridgehead atoms. The van der Waals surface area contributed by atoms with Crippen LogP contribution in [-0.2, 0) is 9.84 Å². The molecule has 0 saturated carbocycles. The molecule has 2 N–H and O–H groups in total. The predicted molar refractivity (Wildman–Crippen MR) is 72.0 cm³/mol. The fraction of sp³-hybridized carbons (Fsp3) is 1.00. The van der Waals surface area contributed by atoms with Crippen LogP contribution in [0.2, 0.25) is 0 Å². The summed E-state index contributed by atoms with van der Waals surface area (Å²) in [5.41, 5.74) is 0. The minimum Gasteiger partial charge on any atom is -0.317 e. The van der Waals surface area contributed by atoms with Crippen LogP contribution in [0.5, 0.6) is 0 Å². The van der Waals surface area contributed by atoms with Gasteiger partial charge < -0.3 is 10.6 Å². The summed E-state index contributed by atoms with van der Waals surface area (Å²) in [6, 6.07) is 0.554. The molecule has 0 aromatic rings. The zero-order valence-electron chi connectivity index (χ0n) is 11.0. The van der Waals surface area contributed by atoms with E-state index >= 15 is 0 Å². The number of hydrogen-bond donors (Lipinski definition) is 2. The number of hydrogen-bond acceptors (Lipinski definition) is 4. The van der Waals surface area contributed by atoms with Crippen LogP contribution in [0.25, 0.3) is 0 Å². The summed E-state index contributed by atoms with van der Waals surface area (Å²) < 4.78 is 22.5. The molecule has 1 aliphatic rings. The Balaban J connectivity index is 1.91. The maximum atomic E-state index is 11.3. The molecule has 0 spiro atoms. The van der Waals surface area contributed by atoms with Gasteiger partial charge in [-0.05, 0) is 44.8 Å². The van der Waals surface area contributed by atoms with E-state index in [0.717, 1.165) is 38.9 Å². The third-order valence-electron chi connectivity index (χ3n) is 3.14. The van der Waals surface area contributed by atoms with E-state index in [9.17, 15) is 8.42 Å². The van der Waals surface area contributed by atoms with E-state index < -0.39 is 9.84 Å². The highest BCUT2D eigenvalue weighted by Crippen LogP contribution is 2.20. The van der Waals surface area contributed by atoms with Crippen molar-refractivity contribution < 1.29 is 8.42 Å². The lowest BCUT2D eigenvalue weighted by atomic mass is 10.1. The molecule has 0 radical (unpaired) electrons. The first-order valence-electron chi connectivity index (χ1n) is 6.64. The third-order valence-corrected chi connectivity index (χ3v) is 4.98. The molecule has 0 aliphatic carbocycles. The van der Waals surface area contributed by atoms with Crippen molar-refractivity contribution in [2.75, 3.05) is 31.1 Å². The molecule has 1 aliphatic heterocycles. The van der Waals surface area contributed by atoms with Gasteiger partial charge in [0.2, 0.25) is 0 Å². The average molecular weight is 262 g/mol. The van der Waals surface area contributed by atoms with E-state index in [4.69, 9.17) is 0 Å². The fourth-order valence-electron chi connectivity index (χ4n) is 2.13. The molecular weight excluding hydrogens is 236 g/mol. The van der Waals surface area contributed by atoms with Crippen LogP contribution in [0.4, 0.5) is 0 Å². The Labute approximate surface area is 105 Å². The largest absolute Gasteiger partial charge is 0.317 e. The highest BCUT2D eigenvalue weighted by molar-refractivity contribution is 7.91. The van der Waals surface area contributed by atoms with Crippen molar-refractivity contribution in [1.82, 2.24) is 10.6 Å². The second kappa shape index (κ2) is 7.34. The van der Waals surface area contributed by atoms with Gasteiger partial charge in [-0.25, -0.2) is 8.42 Å². The van der Waals surface area contributed by atoms with E-state index in [1.165, 1.54) is 0 Å². The smallest absolute Gasteiger partial charge is 0.150 e. The van der Waals surface area contributed by atoms with Crippen molar-refractivity contribution in [3.63, 3.8) is 0 Å². The Morgan fingerprint density at radius 3 is 2.59 bits per heavy atom. The molecule has 1 rings (SSSR count). The van der Waals surface area contributed by atoms with Crippen molar-refractivity contribution in [2.45, 2.75) is 39.2 Å². The lowest BCUT2D eigenvalue weighted by Gasteiger charge is -2.10. The highest BCUT2D eigenvalue weighted by Gasteiger charge is 2.26. The molecule has 5 heteroatoms. The van der Waals surface area contributed by atoms with Gasteiger partial charge in [0.15, 0.2) is 9.84 Å². The summed E-state index contributed by atoms with van der Waals surface area (Å²) in [4.78, 5) is 0. The maximum absolute atomic E-state index is 11.3. The first-order chi connectivity index (χ1) is 7.99. The van der Waals surface area contributed by atoms with Crippen LogP contribution in [0.1, 0.15) is 33.1 Å². The Hall–Kier alpha value is -0.130. The number of sulfone groups is 1. The summed E-state index contributed by atoms with van der Waals surface area (Å²) >= 11 is 0. The Morgan fingerprint density at radius 1 is 1.24 bits per heavy atom. The van der Waals surface area contributed by atoms with Gasteiger partial charge in [-0.1, -0.05) is 13.8 Å². The highest BCUT2D eigenvalue weighted by atomic mass is 32.2. The lowest BCUT2D eigenvalue weighted by molar-refractivity contribution is 0.494. The van der Waals surface area contributed by atoms with Gasteiger partial charge in [0, 0.05) is 6.04 Å². The normalized spacial score (nSPS) is 23.4. The topological polar surface area (TPSA) is 58.2 Å². The minimum atomic E-state index is -2.69. The second-order valence-electron chi connectivity index (χ2n) is 5.27. The molecule has 0 amide bonds. The molecule has 0 aromatic heterocycles. The molecule has 1 heterocycles. The van der Waals surface area contributed by atoms with Crippen molar-refractivity contribution in [1.29, 1.82) is 0 Å². The van der Waals surface area contributed by atoms with Crippen LogP contribution in [0, 0.1) is 5.92 Å². The molecule has 1 atom stereocenters. The van der Waals surface area contributed by atoms with Gasteiger partial charge in [0.05, 0.1) is 11.5 Å². The molecular formula is C12H26N2O2S. The van der Waals surface area contributed by atoms with Gasteiger partial charge in [-0.15, -0.1) is 0 Å². The van der Waals surface area contributed by atoms with Gasteiger partial charge >= 0.3 is 0 Å².